The van der Waals surface area contributed by atoms with Gasteiger partial charge in [-0.25, -0.2) is 19.6 Å². The molecule has 0 aliphatic carbocycles. The Bertz CT molecular complexity index is 1600. The molecule has 1 aromatic carbocycles. The largest absolute Gasteiger partial charge is 0.444 e. The zero-order valence-electron chi connectivity index (χ0n) is 21.7. The highest BCUT2D eigenvalue weighted by Gasteiger charge is 2.43. The smallest absolute Gasteiger partial charge is 0.410 e. The van der Waals surface area contributed by atoms with Crippen molar-refractivity contribution in [1.82, 2.24) is 33.3 Å². The predicted molar refractivity (Wildman–Crippen MR) is 145 cm³/mol. The zero-order chi connectivity index (χ0) is 26.2. The molecule has 2 aliphatic rings. The molecule has 2 saturated heterocycles. The van der Waals surface area contributed by atoms with Crippen LogP contribution in [-0.2, 0) is 18.8 Å². The molecule has 1 amide bonds. The Morgan fingerprint density at radius 3 is 2.38 bits per heavy atom. The van der Waals surface area contributed by atoms with Crippen LogP contribution in [0.25, 0.3) is 33.5 Å². The van der Waals surface area contributed by atoms with Gasteiger partial charge >= 0.3 is 11.8 Å². The molecule has 2 fully saturated rings. The number of aromatic nitrogens is 6. The van der Waals surface area contributed by atoms with E-state index >= 15 is 0 Å². The van der Waals surface area contributed by atoms with Crippen molar-refractivity contribution in [2.24, 2.45) is 25.9 Å². The molecule has 0 N–H and O–H groups in total. The molecule has 3 atom stereocenters. The van der Waals surface area contributed by atoms with Gasteiger partial charge in [-0.2, -0.15) is 4.98 Å². The second kappa shape index (κ2) is 8.28. The minimum absolute atomic E-state index is 0.0704. The van der Waals surface area contributed by atoms with Crippen LogP contribution in [0, 0.1) is 11.8 Å². The molecule has 0 bridgehead atoms. The molecule has 194 valence electrons. The lowest BCUT2D eigenvalue weighted by Crippen LogP contribution is -2.37. The number of amides is 1. The average Bonchev–Trinajstić information content (AvgIpc) is 3.57. The molecule has 12 heteroatoms. The van der Waals surface area contributed by atoms with E-state index < -0.39 is 5.60 Å². The Balaban J connectivity index is 1.33. The molecule has 4 aromatic rings. The van der Waals surface area contributed by atoms with Crippen LogP contribution in [0.2, 0.25) is 0 Å². The maximum absolute atomic E-state index is 12.6. The number of benzene rings is 1. The molecule has 0 saturated carbocycles. The fourth-order valence-electron chi connectivity index (χ4n) is 5.53. The van der Waals surface area contributed by atoms with Crippen LogP contribution in [0.5, 0.6) is 0 Å². The molecule has 3 unspecified atom stereocenters. The maximum Gasteiger partial charge on any atom is 0.410 e. The van der Waals surface area contributed by atoms with E-state index in [-0.39, 0.29) is 11.8 Å². The van der Waals surface area contributed by atoms with Gasteiger partial charge in [-0.1, -0.05) is 6.07 Å². The lowest BCUT2D eigenvalue weighted by atomic mass is 10.0. The third kappa shape index (κ3) is 3.96. The molecule has 0 radical (unpaired) electrons. The summed E-state index contributed by atoms with van der Waals surface area (Å²) in [7, 11) is 6.18. The third-order valence-corrected chi connectivity index (χ3v) is 7.75. The molecule has 6 rings (SSSR count). The van der Waals surface area contributed by atoms with Gasteiger partial charge in [0, 0.05) is 57.7 Å². The van der Waals surface area contributed by atoms with Gasteiger partial charge in [0.2, 0.25) is 5.95 Å². The van der Waals surface area contributed by atoms with E-state index in [9.17, 15) is 9.59 Å². The number of fused-ring (bicyclic) bond motifs is 3. The monoisotopic (exact) mass is 522 g/mol. The van der Waals surface area contributed by atoms with Gasteiger partial charge in [0.05, 0.1) is 11.0 Å². The van der Waals surface area contributed by atoms with Crippen molar-refractivity contribution in [3.8, 4) is 11.3 Å². The van der Waals surface area contributed by atoms with Crippen LogP contribution in [0.3, 0.4) is 0 Å². The number of anilines is 1. The van der Waals surface area contributed by atoms with Gasteiger partial charge < -0.3 is 14.5 Å². The molecule has 3 aromatic heterocycles. The van der Waals surface area contributed by atoms with E-state index in [0.717, 1.165) is 41.0 Å². The van der Waals surface area contributed by atoms with E-state index in [1.165, 1.54) is 0 Å². The molecule has 0 spiro atoms. The average molecular weight is 523 g/mol. The second-order valence-electron chi connectivity index (χ2n) is 11.1. The van der Waals surface area contributed by atoms with Crippen molar-refractivity contribution in [3.63, 3.8) is 0 Å². The van der Waals surface area contributed by atoms with Gasteiger partial charge in [-0.05, 0) is 42.3 Å². The van der Waals surface area contributed by atoms with Gasteiger partial charge in [-0.15, -0.1) is 0 Å². The highest BCUT2D eigenvalue weighted by Crippen LogP contribution is 2.36. The summed E-state index contributed by atoms with van der Waals surface area (Å²) in [5.41, 5.74) is 4.15. The Morgan fingerprint density at radius 1 is 1.03 bits per heavy atom. The Labute approximate surface area is 216 Å². The maximum atomic E-state index is 12.6. The SMILES string of the molecule is Cn1c(=O)n(C)c2cc(-c3nc(N4CC5CN(C(=O)OC(C)(C)C)CC5C4)nc4c3ncn4P)ccc21. The number of carbonyl (C=O) groups is 1. The van der Waals surface area contributed by atoms with Gasteiger partial charge in [0.1, 0.15) is 23.1 Å². The van der Waals surface area contributed by atoms with Crippen molar-refractivity contribution in [3.05, 3.63) is 35.0 Å². The minimum atomic E-state index is -0.503. The van der Waals surface area contributed by atoms with E-state index in [4.69, 9.17) is 14.7 Å². The number of carbonyl (C=O) groups excluding carboxylic acids is 1. The molecule has 5 heterocycles. The first-order valence-corrected chi connectivity index (χ1v) is 12.9. The molecular weight excluding hydrogens is 491 g/mol. The lowest BCUT2D eigenvalue weighted by Gasteiger charge is -2.26. The predicted octanol–water partition coefficient (Wildman–Crippen LogP) is 2.63. The standard InChI is InChI=1S/C25H31N8O3P/c1-25(2,3)36-24(35)32-11-15-9-31(10-16(15)12-32)22-27-19(20-21(28-22)33(37)13-26-20)14-6-7-17-18(8-14)30(5)23(34)29(17)4/h6-8,13,15-16H,9-12,37H2,1-5H3. The Morgan fingerprint density at radius 2 is 1.70 bits per heavy atom. The second-order valence-corrected chi connectivity index (χ2v) is 11.7. The molecular formula is C25H31N8O3P. The first-order valence-electron chi connectivity index (χ1n) is 12.4. The van der Waals surface area contributed by atoms with E-state index in [1.54, 1.807) is 29.6 Å². The van der Waals surface area contributed by atoms with Crippen molar-refractivity contribution < 1.29 is 9.53 Å². The lowest BCUT2D eigenvalue weighted by molar-refractivity contribution is 0.0282. The van der Waals surface area contributed by atoms with Crippen LogP contribution < -0.4 is 10.6 Å². The third-order valence-electron chi connectivity index (χ3n) is 7.38. The normalized spacial score (nSPS) is 19.8. The Hall–Kier alpha value is -3.46. The van der Waals surface area contributed by atoms with Crippen LogP contribution in [0.15, 0.2) is 29.3 Å². The van der Waals surface area contributed by atoms with E-state index in [1.807, 2.05) is 48.2 Å². The first kappa shape index (κ1) is 23.9. The molecule has 37 heavy (non-hydrogen) atoms. The van der Waals surface area contributed by atoms with Crippen molar-refractivity contribution in [2.75, 3.05) is 31.1 Å². The number of ether oxygens (including phenoxy) is 1. The van der Waals surface area contributed by atoms with Crippen LogP contribution in [0.1, 0.15) is 20.8 Å². The number of likely N-dealkylation sites (tertiary alicyclic amines) is 1. The summed E-state index contributed by atoms with van der Waals surface area (Å²) >= 11 is 0. The van der Waals surface area contributed by atoms with Crippen LogP contribution in [-0.4, -0.2) is 71.2 Å². The van der Waals surface area contributed by atoms with Crippen LogP contribution in [0.4, 0.5) is 10.7 Å². The van der Waals surface area contributed by atoms with Crippen molar-refractivity contribution in [1.29, 1.82) is 0 Å². The number of aryl methyl sites for hydroxylation is 2. The number of imidazole rings is 2. The summed E-state index contributed by atoms with van der Waals surface area (Å²) < 4.78 is 10.7. The number of hydrogen-bond donors (Lipinski definition) is 0. The van der Waals surface area contributed by atoms with E-state index in [2.05, 4.69) is 19.3 Å². The number of nitrogens with zero attached hydrogens (tertiary/aromatic N) is 8. The number of rotatable bonds is 2. The van der Waals surface area contributed by atoms with Gasteiger partial charge in [0.25, 0.3) is 0 Å². The summed E-state index contributed by atoms with van der Waals surface area (Å²) in [5, 5.41) is 0. The highest BCUT2D eigenvalue weighted by molar-refractivity contribution is 7.14. The van der Waals surface area contributed by atoms with Gasteiger partial charge in [-0.3, -0.25) is 13.5 Å². The van der Waals surface area contributed by atoms with E-state index in [0.29, 0.717) is 36.4 Å². The minimum Gasteiger partial charge on any atom is -0.444 e. The summed E-state index contributed by atoms with van der Waals surface area (Å²) in [6, 6.07) is 5.91. The van der Waals surface area contributed by atoms with Crippen LogP contribution >= 0.6 is 9.39 Å². The van der Waals surface area contributed by atoms with Gasteiger partial charge in [0.15, 0.2) is 5.65 Å². The summed E-state index contributed by atoms with van der Waals surface area (Å²) in [6.45, 7) is 8.55. The highest BCUT2D eigenvalue weighted by atomic mass is 31.0. The number of hydrogen-bond acceptors (Lipinski definition) is 7. The van der Waals surface area contributed by atoms with Crippen molar-refractivity contribution >= 4 is 43.6 Å². The fourth-order valence-corrected chi connectivity index (χ4v) is 5.78. The molecule has 2 aliphatic heterocycles. The quantitative estimate of drug-likeness (QED) is 0.373. The van der Waals surface area contributed by atoms with Crippen molar-refractivity contribution in [2.45, 2.75) is 26.4 Å². The first-order chi connectivity index (χ1) is 17.5. The summed E-state index contributed by atoms with van der Waals surface area (Å²) in [6.07, 6.45) is 1.47. The fraction of sp³-hybridized carbons (Fsp3) is 0.480. The summed E-state index contributed by atoms with van der Waals surface area (Å²) in [5.74, 6) is 1.32. The summed E-state index contributed by atoms with van der Waals surface area (Å²) in [4.78, 5) is 43.5. The molecule has 11 nitrogen and oxygen atoms in total. The zero-order valence-corrected chi connectivity index (χ0v) is 22.8. The Kier molecular flexibility index (Phi) is 5.35. The topological polar surface area (TPSA) is 103 Å².